The average molecular weight is 401 g/mol. The Hall–Kier alpha value is -1.92. The molecule has 2 aliphatic heterocycles. The molecule has 0 saturated carbocycles. The van der Waals surface area contributed by atoms with E-state index in [2.05, 4.69) is 60.2 Å². The molecule has 0 spiro atoms. The van der Waals surface area contributed by atoms with Crippen molar-refractivity contribution in [3.05, 3.63) is 35.4 Å². The lowest BCUT2D eigenvalue weighted by Crippen LogP contribution is -2.53. The van der Waals surface area contributed by atoms with Gasteiger partial charge < -0.3 is 10.2 Å². The Morgan fingerprint density at radius 3 is 2.07 bits per heavy atom. The topological polar surface area (TPSA) is 55.9 Å². The second-order valence-corrected chi connectivity index (χ2v) is 9.06. The minimum Gasteiger partial charge on any atom is -0.351 e. The first-order valence-corrected chi connectivity index (χ1v) is 10.9. The summed E-state index contributed by atoms with van der Waals surface area (Å²) in [5, 5.41) is 3.01. The maximum absolute atomic E-state index is 12.7. The van der Waals surface area contributed by atoms with Gasteiger partial charge in [0, 0.05) is 45.8 Å². The maximum atomic E-state index is 12.7. The van der Waals surface area contributed by atoms with Gasteiger partial charge in [0.25, 0.3) is 0 Å². The number of aryl methyl sites for hydroxylation is 1. The Morgan fingerprint density at radius 2 is 1.48 bits per heavy atom. The van der Waals surface area contributed by atoms with Crippen molar-refractivity contribution < 1.29 is 9.59 Å². The SMILES string of the molecule is Cc1ccc(CNC(=O)CN2CCN(CC(=O)N3C[C@H](C)C[C@@H](C)C3)CC2)cc1. The quantitative estimate of drug-likeness (QED) is 0.790. The third kappa shape index (κ3) is 6.82. The van der Waals surface area contributed by atoms with Gasteiger partial charge in [-0.05, 0) is 30.7 Å². The van der Waals surface area contributed by atoms with Crippen molar-refractivity contribution in [3.8, 4) is 0 Å². The normalized spacial score (nSPS) is 23.8. The predicted octanol–water partition coefficient (Wildman–Crippen LogP) is 1.73. The number of piperazine rings is 1. The fourth-order valence-corrected chi connectivity index (χ4v) is 4.43. The Kier molecular flexibility index (Phi) is 7.67. The Labute approximate surface area is 175 Å². The van der Waals surface area contributed by atoms with Crippen molar-refractivity contribution in [3.63, 3.8) is 0 Å². The van der Waals surface area contributed by atoms with Crippen LogP contribution < -0.4 is 5.32 Å². The van der Waals surface area contributed by atoms with Crippen molar-refractivity contribution in [1.29, 1.82) is 0 Å². The number of amides is 2. The van der Waals surface area contributed by atoms with E-state index in [0.29, 0.717) is 31.5 Å². The van der Waals surface area contributed by atoms with Gasteiger partial charge in [0.15, 0.2) is 0 Å². The number of nitrogens with zero attached hydrogens (tertiary/aromatic N) is 3. The molecule has 1 aromatic carbocycles. The number of likely N-dealkylation sites (tertiary alicyclic amines) is 1. The highest BCUT2D eigenvalue weighted by atomic mass is 16.2. The van der Waals surface area contributed by atoms with E-state index in [0.717, 1.165) is 44.8 Å². The van der Waals surface area contributed by atoms with E-state index in [4.69, 9.17) is 0 Å². The van der Waals surface area contributed by atoms with Gasteiger partial charge in [-0.2, -0.15) is 0 Å². The van der Waals surface area contributed by atoms with Crippen LogP contribution in [0.1, 0.15) is 31.4 Å². The fourth-order valence-electron chi connectivity index (χ4n) is 4.43. The zero-order valence-corrected chi connectivity index (χ0v) is 18.2. The van der Waals surface area contributed by atoms with E-state index in [1.165, 1.54) is 12.0 Å². The summed E-state index contributed by atoms with van der Waals surface area (Å²) in [5.41, 5.74) is 2.34. The Morgan fingerprint density at radius 1 is 0.931 bits per heavy atom. The molecule has 0 aliphatic carbocycles. The van der Waals surface area contributed by atoms with Crippen LogP contribution in [0.2, 0.25) is 0 Å². The number of hydrogen-bond acceptors (Lipinski definition) is 4. The summed E-state index contributed by atoms with van der Waals surface area (Å²) in [6.07, 6.45) is 1.22. The lowest BCUT2D eigenvalue weighted by Gasteiger charge is -2.38. The number of nitrogens with one attached hydrogen (secondary N) is 1. The highest BCUT2D eigenvalue weighted by molar-refractivity contribution is 5.79. The number of hydrogen-bond donors (Lipinski definition) is 1. The molecule has 160 valence electrons. The first-order chi connectivity index (χ1) is 13.9. The molecular weight excluding hydrogens is 364 g/mol. The molecule has 2 atom stereocenters. The van der Waals surface area contributed by atoms with Crippen LogP contribution in [0, 0.1) is 18.8 Å². The third-order valence-electron chi connectivity index (χ3n) is 6.02. The van der Waals surface area contributed by atoms with Crippen LogP contribution in [0.25, 0.3) is 0 Å². The molecule has 2 fully saturated rings. The molecule has 6 nitrogen and oxygen atoms in total. The largest absolute Gasteiger partial charge is 0.351 e. The zero-order valence-electron chi connectivity index (χ0n) is 18.2. The van der Waals surface area contributed by atoms with E-state index in [-0.39, 0.29) is 11.8 Å². The van der Waals surface area contributed by atoms with E-state index in [9.17, 15) is 9.59 Å². The first kappa shape index (κ1) is 21.8. The van der Waals surface area contributed by atoms with Gasteiger partial charge in [-0.1, -0.05) is 43.7 Å². The number of benzene rings is 1. The summed E-state index contributed by atoms with van der Waals surface area (Å²) in [6, 6.07) is 8.23. The molecule has 2 saturated heterocycles. The predicted molar refractivity (Wildman–Crippen MR) is 115 cm³/mol. The summed E-state index contributed by atoms with van der Waals surface area (Å²) in [4.78, 5) is 31.4. The highest BCUT2D eigenvalue weighted by Crippen LogP contribution is 2.21. The molecule has 2 aliphatic rings. The Balaban J connectivity index is 1.35. The van der Waals surface area contributed by atoms with Crippen molar-refractivity contribution in [2.45, 2.75) is 33.7 Å². The maximum Gasteiger partial charge on any atom is 0.236 e. The second-order valence-electron chi connectivity index (χ2n) is 9.06. The summed E-state index contributed by atoms with van der Waals surface area (Å²) in [6.45, 7) is 13.2. The minimum absolute atomic E-state index is 0.0615. The fraction of sp³-hybridized carbons (Fsp3) is 0.652. The van der Waals surface area contributed by atoms with Crippen LogP contribution in [-0.2, 0) is 16.1 Å². The molecule has 2 amide bonds. The van der Waals surface area contributed by atoms with E-state index in [1.807, 2.05) is 4.90 Å². The molecule has 1 N–H and O–H groups in total. The van der Waals surface area contributed by atoms with E-state index < -0.39 is 0 Å². The summed E-state index contributed by atoms with van der Waals surface area (Å²) in [7, 11) is 0. The van der Waals surface area contributed by atoms with Crippen LogP contribution in [0.5, 0.6) is 0 Å². The van der Waals surface area contributed by atoms with Crippen LogP contribution >= 0.6 is 0 Å². The molecule has 2 heterocycles. The van der Waals surface area contributed by atoms with Gasteiger partial charge in [-0.25, -0.2) is 0 Å². The minimum atomic E-state index is 0.0615. The molecule has 0 radical (unpaired) electrons. The molecule has 0 aromatic heterocycles. The Bertz CT molecular complexity index is 673. The number of piperidine rings is 1. The van der Waals surface area contributed by atoms with Gasteiger partial charge in [-0.3, -0.25) is 19.4 Å². The number of carbonyl (C=O) groups excluding carboxylic acids is 2. The van der Waals surface area contributed by atoms with Crippen molar-refractivity contribution in [2.75, 3.05) is 52.4 Å². The molecule has 6 heteroatoms. The molecule has 0 bridgehead atoms. The molecule has 29 heavy (non-hydrogen) atoms. The molecular formula is C23H36N4O2. The summed E-state index contributed by atoms with van der Waals surface area (Å²) < 4.78 is 0. The first-order valence-electron chi connectivity index (χ1n) is 10.9. The molecule has 3 rings (SSSR count). The van der Waals surface area contributed by atoms with Gasteiger partial charge in [0.2, 0.25) is 11.8 Å². The van der Waals surface area contributed by atoms with Crippen LogP contribution in [0.15, 0.2) is 24.3 Å². The van der Waals surface area contributed by atoms with Crippen molar-refractivity contribution in [1.82, 2.24) is 20.0 Å². The van der Waals surface area contributed by atoms with Crippen LogP contribution in [0.3, 0.4) is 0 Å². The zero-order chi connectivity index (χ0) is 20.8. The highest BCUT2D eigenvalue weighted by Gasteiger charge is 2.27. The number of carbonyl (C=O) groups is 2. The van der Waals surface area contributed by atoms with Crippen molar-refractivity contribution >= 4 is 11.8 Å². The monoisotopic (exact) mass is 400 g/mol. The van der Waals surface area contributed by atoms with Crippen molar-refractivity contribution in [2.24, 2.45) is 11.8 Å². The van der Waals surface area contributed by atoms with Gasteiger partial charge in [0.1, 0.15) is 0 Å². The smallest absolute Gasteiger partial charge is 0.236 e. The van der Waals surface area contributed by atoms with Crippen LogP contribution in [-0.4, -0.2) is 78.9 Å². The average Bonchev–Trinajstić information content (AvgIpc) is 2.68. The lowest BCUT2D eigenvalue weighted by molar-refractivity contribution is -0.135. The van der Waals surface area contributed by atoms with Gasteiger partial charge in [-0.15, -0.1) is 0 Å². The summed E-state index contributed by atoms with van der Waals surface area (Å²) >= 11 is 0. The summed E-state index contributed by atoms with van der Waals surface area (Å²) in [5.74, 6) is 1.51. The van der Waals surface area contributed by atoms with E-state index >= 15 is 0 Å². The van der Waals surface area contributed by atoms with Gasteiger partial charge in [0.05, 0.1) is 13.1 Å². The van der Waals surface area contributed by atoms with Crippen LogP contribution in [0.4, 0.5) is 0 Å². The second kappa shape index (κ2) is 10.2. The van der Waals surface area contributed by atoms with Gasteiger partial charge >= 0.3 is 0 Å². The van der Waals surface area contributed by atoms with E-state index in [1.54, 1.807) is 0 Å². The lowest BCUT2D eigenvalue weighted by atomic mass is 9.92. The third-order valence-corrected chi connectivity index (χ3v) is 6.02. The number of rotatable bonds is 6. The molecule has 0 unspecified atom stereocenters. The molecule has 1 aromatic rings. The standard InChI is InChI=1S/C23H36N4O2/c1-18-4-6-21(7-5-18)13-24-22(28)16-25-8-10-26(11-9-25)17-23(29)27-14-19(2)12-20(3)15-27/h4-7,19-20H,8-17H2,1-3H3,(H,24,28)/t19-,20-/m1/s1.